The van der Waals surface area contributed by atoms with Crippen LogP contribution in [0.5, 0.6) is 0 Å². The van der Waals surface area contributed by atoms with E-state index >= 15 is 0 Å². The number of hydrogen-bond donors (Lipinski definition) is 0. The predicted octanol–water partition coefficient (Wildman–Crippen LogP) is 3.71. The molecule has 0 aliphatic heterocycles. The van der Waals surface area contributed by atoms with Gasteiger partial charge in [-0.1, -0.05) is 41.9 Å². The summed E-state index contributed by atoms with van der Waals surface area (Å²) in [4.78, 5) is 18.4. The lowest BCUT2D eigenvalue weighted by Gasteiger charge is -2.21. The van der Waals surface area contributed by atoms with E-state index in [1.54, 1.807) is 17.2 Å². The largest absolute Gasteiger partial charge is 0.335 e. The van der Waals surface area contributed by atoms with Gasteiger partial charge in [0.25, 0.3) is 5.91 Å². The zero-order valence-corrected chi connectivity index (χ0v) is 12.4. The normalized spacial score (nSPS) is 10.3. The van der Waals surface area contributed by atoms with Gasteiger partial charge in [0.2, 0.25) is 0 Å². The molecule has 0 radical (unpaired) electrons. The van der Waals surface area contributed by atoms with Crippen LogP contribution in [0.25, 0.3) is 0 Å². The Balaban J connectivity index is 2.21. The molecule has 0 aliphatic carbocycles. The molecule has 2 rings (SSSR count). The molecule has 0 saturated carbocycles. The van der Waals surface area contributed by atoms with Crippen LogP contribution in [0.4, 0.5) is 0 Å². The van der Waals surface area contributed by atoms with Crippen molar-refractivity contribution in [2.24, 2.45) is 0 Å². The Morgan fingerprint density at radius 3 is 2.60 bits per heavy atom. The molecule has 1 aromatic heterocycles. The van der Waals surface area contributed by atoms with Crippen LogP contribution in [0, 0.1) is 6.92 Å². The predicted molar refractivity (Wildman–Crippen MR) is 80.8 cm³/mol. The van der Waals surface area contributed by atoms with Gasteiger partial charge in [-0.05, 0) is 25.5 Å². The molecule has 0 fully saturated rings. The van der Waals surface area contributed by atoms with Gasteiger partial charge in [-0.3, -0.25) is 9.78 Å². The van der Waals surface area contributed by atoms with Crippen molar-refractivity contribution in [2.75, 3.05) is 6.54 Å². The number of carbonyl (C=O) groups is 1. The van der Waals surface area contributed by atoms with Crippen molar-refractivity contribution in [2.45, 2.75) is 20.4 Å². The standard InChI is InChI=1S/C16H17ClN2O/c1-3-19(11-13-7-5-4-6-8-13)16(20)14-10-18-12(2)9-15(14)17/h4-10H,3,11H2,1-2H3. The summed E-state index contributed by atoms with van der Waals surface area (Å²) in [5.74, 6) is -0.0890. The summed E-state index contributed by atoms with van der Waals surface area (Å²) >= 11 is 6.14. The van der Waals surface area contributed by atoms with Gasteiger partial charge >= 0.3 is 0 Å². The van der Waals surface area contributed by atoms with Crippen molar-refractivity contribution in [1.29, 1.82) is 0 Å². The maximum Gasteiger partial charge on any atom is 0.257 e. The quantitative estimate of drug-likeness (QED) is 0.859. The monoisotopic (exact) mass is 288 g/mol. The van der Waals surface area contributed by atoms with Crippen LogP contribution in [-0.2, 0) is 6.54 Å². The topological polar surface area (TPSA) is 33.2 Å². The average molecular weight is 289 g/mol. The van der Waals surface area contributed by atoms with Gasteiger partial charge in [0.1, 0.15) is 0 Å². The first-order valence-electron chi connectivity index (χ1n) is 6.57. The Morgan fingerprint density at radius 2 is 2.00 bits per heavy atom. The first kappa shape index (κ1) is 14.5. The summed E-state index contributed by atoms with van der Waals surface area (Å²) in [6.07, 6.45) is 1.55. The number of halogens is 1. The van der Waals surface area contributed by atoms with Gasteiger partial charge in [0, 0.05) is 25.0 Å². The third-order valence-electron chi connectivity index (χ3n) is 3.11. The van der Waals surface area contributed by atoms with E-state index in [0.717, 1.165) is 11.3 Å². The van der Waals surface area contributed by atoms with Crippen LogP contribution in [0.1, 0.15) is 28.5 Å². The third kappa shape index (κ3) is 3.36. The van der Waals surface area contributed by atoms with Crippen LogP contribution in [0.3, 0.4) is 0 Å². The SMILES string of the molecule is CCN(Cc1ccccc1)C(=O)c1cnc(C)cc1Cl. The fraction of sp³-hybridized carbons (Fsp3) is 0.250. The van der Waals surface area contributed by atoms with Gasteiger partial charge in [0.05, 0.1) is 10.6 Å². The summed E-state index contributed by atoms with van der Waals surface area (Å²) in [6, 6.07) is 11.6. The molecule has 0 aliphatic rings. The van der Waals surface area contributed by atoms with E-state index in [2.05, 4.69) is 4.98 Å². The number of rotatable bonds is 4. The summed E-state index contributed by atoms with van der Waals surface area (Å²) in [7, 11) is 0. The van der Waals surface area contributed by atoms with Crippen molar-refractivity contribution in [1.82, 2.24) is 9.88 Å². The second kappa shape index (κ2) is 6.53. The Bertz CT molecular complexity index is 599. The number of pyridine rings is 1. The fourth-order valence-electron chi connectivity index (χ4n) is 1.99. The molecule has 0 saturated heterocycles. The van der Waals surface area contributed by atoms with Gasteiger partial charge in [-0.2, -0.15) is 0 Å². The van der Waals surface area contributed by atoms with E-state index in [9.17, 15) is 4.79 Å². The van der Waals surface area contributed by atoms with Crippen molar-refractivity contribution < 1.29 is 4.79 Å². The van der Waals surface area contributed by atoms with E-state index < -0.39 is 0 Å². The molecule has 0 N–H and O–H groups in total. The summed E-state index contributed by atoms with van der Waals surface area (Å²) < 4.78 is 0. The van der Waals surface area contributed by atoms with E-state index in [1.807, 2.05) is 44.2 Å². The number of benzene rings is 1. The lowest BCUT2D eigenvalue weighted by atomic mass is 10.2. The molecular weight excluding hydrogens is 272 g/mol. The molecule has 1 heterocycles. The van der Waals surface area contributed by atoms with Crippen LogP contribution < -0.4 is 0 Å². The molecule has 1 aromatic carbocycles. The number of aryl methyl sites for hydroxylation is 1. The van der Waals surface area contributed by atoms with Crippen molar-refractivity contribution in [3.8, 4) is 0 Å². The third-order valence-corrected chi connectivity index (χ3v) is 3.42. The maximum atomic E-state index is 12.5. The molecule has 1 amide bonds. The van der Waals surface area contributed by atoms with Crippen molar-refractivity contribution in [3.05, 3.63) is 64.4 Å². The van der Waals surface area contributed by atoms with E-state index in [-0.39, 0.29) is 5.91 Å². The molecule has 0 bridgehead atoms. The number of nitrogens with zero attached hydrogens (tertiary/aromatic N) is 2. The van der Waals surface area contributed by atoms with E-state index in [0.29, 0.717) is 23.7 Å². The first-order valence-corrected chi connectivity index (χ1v) is 6.95. The van der Waals surface area contributed by atoms with Crippen LogP contribution in [0.2, 0.25) is 5.02 Å². The summed E-state index contributed by atoms with van der Waals surface area (Å²) in [6.45, 7) is 5.00. The zero-order chi connectivity index (χ0) is 14.5. The smallest absolute Gasteiger partial charge is 0.257 e. The Labute approximate surface area is 124 Å². The second-order valence-corrected chi connectivity index (χ2v) is 5.02. The Hall–Kier alpha value is -1.87. The van der Waals surface area contributed by atoms with Crippen LogP contribution in [-0.4, -0.2) is 22.3 Å². The molecule has 3 nitrogen and oxygen atoms in total. The molecule has 4 heteroatoms. The van der Waals surface area contributed by atoms with Gasteiger partial charge < -0.3 is 4.90 Å². The number of amides is 1. The van der Waals surface area contributed by atoms with Crippen molar-refractivity contribution in [3.63, 3.8) is 0 Å². The van der Waals surface area contributed by atoms with E-state index in [4.69, 9.17) is 11.6 Å². The lowest BCUT2D eigenvalue weighted by molar-refractivity contribution is 0.0752. The Morgan fingerprint density at radius 1 is 1.30 bits per heavy atom. The van der Waals surface area contributed by atoms with Gasteiger partial charge in [0.15, 0.2) is 0 Å². The highest BCUT2D eigenvalue weighted by Crippen LogP contribution is 2.18. The molecule has 0 unspecified atom stereocenters. The van der Waals surface area contributed by atoms with E-state index in [1.165, 1.54) is 0 Å². The maximum absolute atomic E-state index is 12.5. The molecule has 104 valence electrons. The minimum absolute atomic E-state index is 0.0890. The summed E-state index contributed by atoms with van der Waals surface area (Å²) in [5, 5.41) is 0.453. The van der Waals surface area contributed by atoms with Crippen LogP contribution >= 0.6 is 11.6 Å². The first-order chi connectivity index (χ1) is 9.61. The molecular formula is C16H17ClN2O. The molecule has 2 aromatic rings. The lowest BCUT2D eigenvalue weighted by Crippen LogP contribution is -2.30. The van der Waals surface area contributed by atoms with Gasteiger partial charge in [-0.25, -0.2) is 0 Å². The number of aromatic nitrogens is 1. The van der Waals surface area contributed by atoms with Gasteiger partial charge in [-0.15, -0.1) is 0 Å². The van der Waals surface area contributed by atoms with Crippen molar-refractivity contribution >= 4 is 17.5 Å². The average Bonchev–Trinajstić information content (AvgIpc) is 2.45. The number of carbonyl (C=O) groups excluding carboxylic acids is 1. The fourth-order valence-corrected chi connectivity index (χ4v) is 2.27. The van der Waals surface area contributed by atoms with Crippen LogP contribution in [0.15, 0.2) is 42.6 Å². The number of hydrogen-bond acceptors (Lipinski definition) is 2. The second-order valence-electron chi connectivity index (χ2n) is 4.61. The minimum Gasteiger partial charge on any atom is -0.335 e. The highest BCUT2D eigenvalue weighted by Gasteiger charge is 2.17. The highest BCUT2D eigenvalue weighted by molar-refractivity contribution is 6.33. The Kier molecular flexibility index (Phi) is 4.74. The molecule has 20 heavy (non-hydrogen) atoms. The zero-order valence-electron chi connectivity index (χ0n) is 11.6. The molecule has 0 atom stereocenters. The highest BCUT2D eigenvalue weighted by atomic mass is 35.5. The molecule has 0 spiro atoms. The summed E-state index contributed by atoms with van der Waals surface area (Å²) in [5.41, 5.74) is 2.35. The minimum atomic E-state index is -0.0890.